The Labute approximate surface area is 207 Å². The fourth-order valence-corrected chi connectivity index (χ4v) is 4.10. The number of anilines is 1. The number of hydrogen-bond acceptors (Lipinski definition) is 9. The number of carbonyl (C=O) groups excluding carboxylic acids is 1. The van der Waals surface area contributed by atoms with E-state index in [4.69, 9.17) is 24.7 Å². The molecule has 1 amide bonds. The fraction of sp³-hybridized carbons (Fsp3) is 0.750. The van der Waals surface area contributed by atoms with Gasteiger partial charge in [-0.3, -0.25) is 9.36 Å². The molecule has 0 saturated carbocycles. The van der Waals surface area contributed by atoms with Gasteiger partial charge in [0.15, 0.2) is 23.2 Å². The van der Waals surface area contributed by atoms with Gasteiger partial charge in [-0.2, -0.15) is 0 Å². The second-order valence-corrected chi connectivity index (χ2v) is 8.71. The topological polar surface area (TPSA) is 136 Å². The summed E-state index contributed by atoms with van der Waals surface area (Å²) in [6.07, 6.45) is 6.54. The maximum atomic E-state index is 10.9. The van der Waals surface area contributed by atoms with Crippen molar-refractivity contribution < 1.29 is 23.7 Å². The lowest BCUT2D eigenvalue weighted by atomic mass is 10.1. The van der Waals surface area contributed by atoms with E-state index < -0.39 is 6.23 Å². The van der Waals surface area contributed by atoms with E-state index in [-0.39, 0.29) is 24.2 Å². The molecule has 4 unspecified atom stereocenters. The van der Waals surface area contributed by atoms with Crippen molar-refractivity contribution in [2.24, 2.45) is 5.73 Å². The van der Waals surface area contributed by atoms with Crippen molar-refractivity contribution in [1.82, 2.24) is 19.5 Å². The van der Waals surface area contributed by atoms with Crippen LogP contribution in [0, 0.1) is 0 Å². The first-order valence-corrected chi connectivity index (χ1v) is 12.8. The van der Waals surface area contributed by atoms with Crippen molar-refractivity contribution in [3.05, 3.63) is 12.7 Å². The van der Waals surface area contributed by atoms with E-state index in [9.17, 15) is 4.79 Å². The maximum absolute atomic E-state index is 10.9. The average molecular weight is 493 g/mol. The van der Waals surface area contributed by atoms with Gasteiger partial charge in [0.25, 0.3) is 0 Å². The Morgan fingerprint density at radius 3 is 2.51 bits per heavy atom. The zero-order valence-electron chi connectivity index (χ0n) is 21.1. The van der Waals surface area contributed by atoms with Gasteiger partial charge in [-0.15, -0.1) is 0 Å². The molecule has 4 atom stereocenters. The van der Waals surface area contributed by atoms with Gasteiger partial charge in [0.05, 0.1) is 12.9 Å². The number of unbranched alkanes of at least 4 members (excludes halogenated alkanes) is 1. The molecule has 1 fully saturated rings. The molecule has 11 heteroatoms. The lowest BCUT2D eigenvalue weighted by Gasteiger charge is -2.25. The molecule has 1 aliphatic rings. The molecule has 3 rings (SSSR count). The van der Waals surface area contributed by atoms with Crippen LogP contribution in [0.5, 0.6) is 0 Å². The highest BCUT2D eigenvalue weighted by Crippen LogP contribution is 2.36. The van der Waals surface area contributed by atoms with Crippen LogP contribution in [-0.2, 0) is 23.7 Å². The highest BCUT2D eigenvalue weighted by atomic mass is 16.6. The third-order valence-electron chi connectivity index (χ3n) is 5.72. The van der Waals surface area contributed by atoms with Crippen molar-refractivity contribution in [2.75, 3.05) is 38.3 Å². The van der Waals surface area contributed by atoms with Gasteiger partial charge in [0.2, 0.25) is 5.91 Å². The molecular weight excluding hydrogens is 452 g/mol. The molecule has 11 nitrogen and oxygen atoms in total. The Kier molecular flexibility index (Phi) is 11.1. The lowest BCUT2D eigenvalue weighted by molar-refractivity contribution is -0.118. The molecule has 0 aromatic carbocycles. The highest BCUT2D eigenvalue weighted by Gasteiger charge is 2.47. The number of amides is 1. The van der Waals surface area contributed by atoms with Crippen molar-refractivity contribution in [2.45, 2.75) is 83.8 Å². The second kappa shape index (κ2) is 14.3. The number of rotatable bonds is 17. The van der Waals surface area contributed by atoms with E-state index in [1.165, 1.54) is 6.33 Å². The normalized spacial score (nSPS) is 22.1. The van der Waals surface area contributed by atoms with Crippen LogP contribution in [0.3, 0.4) is 0 Å². The first kappa shape index (κ1) is 27.3. The summed E-state index contributed by atoms with van der Waals surface area (Å²) in [6.45, 7) is 9.21. The first-order valence-electron chi connectivity index (χ1n) is 12.8. The predicted molar refractivity (Wildman–Crippen MR) is 132 cm³/mol. The van der Waals surface area contributed by atoms with E-state index in [0.29, 0.717) is 56.4 Å². The molecule has 2 aromatic rings. The third-order valence-corrected chi connectivity index (χ3v) is 5.72. The van der Waals surface area contributed by atoms with Crippen LogP contribution in [0.4, 0.5) is 5.82 Å². The summed E-state index contributed by atoms with van der Waals surface area (Å²) in [5.74, 6) is 0.350. The van der Waals surface area contributed by atoms with E-state index in [0.717, 1.165) is 32.1 Å². The van der Waals surface area contributed by atoms with Crippen molar-refractivity contribution in [3.63, 3.8) is 0 Å². The Bertz CT molecular complexity index is 910. The number of hydrogen-bond donors (Lipinski definition) is 2. The summed E-state index contributed by atoms with van der Waals surface area (Å²) in [5, 5.41) is 3.29. The van der Waals surface area contributed by atoms with Gasteiger partial charge >= 0.3 is 0 Å². The Morgan fingerprint density at radius 2 is 1.80 bits per heavy atom. The van der Waals surface area contributed by atoms with Gasteiger partial charge in [-0.1, -0.05) is 20.8 Å². The number of nitrogens with two attached hydrogens (primary N) is 1. The van der Waals surface area contributed by atoms with Crippen LogP contribution in [-0.4, -0.2) is 76.7 Å². The molecule has 0 radical (unpaired) electrons. The van der Waals surface area contributed by atoms with Gasteiger partial charge in [0.1, 0.15) is 24.6 Å². The molecule has 1 aliphatic heterocycles. The number of nitrogens with zero attached hydrogens (tertiary/aromatic N) is 4. The molecule has 0 bridgehead atoms. The van der Waals surface area contributed by atoms with E-state index in [1.54, 1.807) is 6.33 Å². The molecule has 2 aromatic heterocycles. The van der Waals surface area contributed by atoms with Crippen LogP contribution >= 0.6 is 0 Å². The number of aromatic nitrogens is 4. The number of carbonyl (C=O) groups is 1. The largest absolute Gasteiger partial charge is 0.379 e. The SMILES string of the molecule is CCCOCC1OC(n2cnc3c(NCCCCC(N)=O)ncnc32)C(OCCC)C1OCCC. The van der Waals surface area contributed by atoms with Crippen LogP contribution in [0.15, 0.2) is 12.7 Å². The number of primary amides is 1. The molecule has 35 heavy (non-hydrogen) atoms. The van der Waals surface area contributed by atoms with Crippen molar-refractivity contribution in [3.8, 4) is 0 Å². The molecule has 0 spiro atoms. The highest BCUT2D eigenvalue weighted by molar-refractivity contribution is 5.82. The Balaban J connectivity index is 1.81. The van der Waals surface area contributed by atoms with Crippen LogP contribution in [0.2, 0.25) is 0 Å². The first-order chi connectivity index (χ1) is 17.1. The van der Waals surface area contributed by atoms with Gasteiger partial charge < -0.3 is 30.0 Å². The second-order valence-electron chi connectivity index (χ2n) is 8.71. The number of fused-ring (bicyclic) bond motifs is 1. The molecule has 3 heterocycles. The standard InChI is InChI=1S/C24H40N6O5/c1-4-11-32-14-17-20(33-12-5-2)21(34-13-6-3)24(35-17)30-16-29-19-22(27-15-28-23(19)30)26-10-8-7-9-18(25)31/h15-17,20-21,24H,4-14H2,1-3H3,(H2,25,31)(H,26,27,28). The smallest absolute Gasteiger partial charge is 0.217 e. The molecule has 0 aliphatic carbocycles. The monoisotopic (exact) mass is 492 g/mol. The van der Waals surface area contributed by atoms with Gasteiger partial charge in [0, 0.05) is 32.8 Å². The lowest BCUT2D eigenvalue weighted by Crippen LogP contribution is -2.39. The molecule has 1 saturated heterocycles. The van der Waals surface area contributed by atoms with E-state index >= 15 is 0 Å². The minimum Gasteiger partial charge on any atom is -0.379 e. The predicted octanol–water partition coefficient (Wildman–Crippen LogP) is 2.81. The van der Waals surface area contributed by atoms with Gasteiger partial charge in [-0.05, 0) is 32.1 Å². The maximum Gasteiger partial charge on any atom is 0.217 e. The van der Waals surface area contributed by atoms with E-state index in [2.05, 4.69) is 41.0 Å². The van der Waals surface area contributed by atoms with Crippen molar-refractivity contribution in [1.29, 1.82) is 0 Å². The summed E-state index contributed by atoms with van der Waals surface area (Å²) in [6, 6.07) is 0. The van der Waals surface area contributed by atoms with Gasteiger partial charge in [-0.25, -0.2) is 15.0 Å². The number of ether oxygens (including phenoxy) is 4. The van der Waals surface area contributed by atoms with Crippen molar-refractivity contribution >= 4 is 22.9 Å². The summed E-state index contributed by atoms with van der Waals surface area (Å²) in [7, 11) is 0. The number of nitrogens with one attached hydrogen (secondary N) is 1. The summed E-state index contributed by atoms with van der Waals surface area (Å²) < 4.78 is 26.7. The fourth-order valence-electron chi connectivity index (χ4n) is 4.10. The Morgan fingerprint density at radius 1 is 1.06 bits per heavy atom. The summed E-state index contributed by atoms with van der Waals surface area (Å²) >= 11 is 0. The summed E-state index contributed by atoms with van der Waals surface area (Å²) in [5.41, 5.74) is 6.51. The molecule has 196 valence electrons. The van der Waals surface area contributed by atoms with Crippen LogP contribution in [0.25, 0.3) is 11.2 Å². The molecular formula is C24H40N6O5. The van der Waals surface area contributed by atoms with Crippen LogP contribution < -0.4 is 11.1 Å². The zero-order valence-corrected chi connectivity index (χ0v) is 21.1. The zero-order chi connectivity index (χ0) is 25.0. The summed E-state index contributed by atoms with van der Waals surface area (Å²) in [4.78, 5) is 24.4. The Hall–Kier alpha value is -2.34. The quantitative estimate of drug-likeness (QED) is 0.319. The molecule has 3 N–H and O–H groups in total. The number of imidazole rings is 1. The third kappa shape index (κ3) is 7.33. The minimum atomic E-state index is -0.457. The minimum absolute atomic E-state index is 0.259. The van der Waals surface area contributed by atoms with E-state index in [1.807, 2.05) is 4.57 Å². The average Bonchev–Trinajstić information content (AvgIpc) is 3.42. The van der Waals surface area contributed by atoms with Crippen LogP contribution in [0.1, 0.15) is 65.5 Å².